The standard InChI is InChI=1S/C11H12N2O2/c1-2-3-5-6-4-7-9(8(5)6)12-13-10(7)11(14)15/h2,5-6,8H,1,3-4H2,(H,12,13)(H,14,15)/t5-,6+,8-/m1/s1. The first-order valence-electron chi connectivity index (χ1n) is 5.15. The summed E-state index contributed by atoms with van der Waals surface area (Å²) in [7, 11) is 0. The van der Waals surface area contributed by atoms with Crippen LogP contribution in [-0.4, -0.2) is 21.3 Å². The summed E-state index contributed by atoms with van der Waals surface area (Å²) >= 11 is 0. The quantitative estimate of drug-likeness (QED) is 0.734. The lowest BCUT2D eigenvalue weighted by Gasteiger charge is -1.99. The van der Waals surface area contributed by atoms with Gasteiger partial charge in [-0.05, 0) is 24.7 Å². The van der Waals surface area contributed by atoms with Crippen LogP contribution in [0, 0.1) is 11.8 Å². The number of hydrogen-bond donors (Lipinski definition) is 2. The number of carboxylic acid groups (broad SMARTS) is 1. The van der Waals surface area contributed by atoms with Crippen molar-refractivity contribution in [3.05, 3.63) is 29.6 Å². The molecule has 3 atom stereocenters. The number of fused-ring (bicyclic) bond motifs is 3. The lowest BCUT2D eigenvalue weighted by atomic mass is 10.0. The van der Waals surface area contributed by atoms with Crippen molar-refractivity contribution in [3.8, 4) is 0 Å². The van der Waals surface area contributed by atoms with Crippen molar-refractivity contribution >= 4 is 5.97 Å². The highest BCUT2D eigenvalue weighted by atomic mass is 16.4. The van der Waals surface area contributed by atoms with Gasteiger partial charge in [-0.2, -0.15) is 5.10 Å². The Hall–Kier alpha value is -1.58. The molecule has 0 spiro atoms. The van der Waals surface area contributed by atoms with E-state index in [0.717, 1.165) is 24.1 Å². The van der Waals surface area contributed by atoms with Gasteiger partial charge in [-0.1, -0.05) is 6.08 Å². The number of H-pyrrole nitrogens is 1. The predicted octanol–water partition coefficient (Wildman–Crippen LogP) is 1.57. The Kier molecular flexibility index (Phi) is 1.58. The molecule has 1 heterocycles. The smallest absolute Gasteiger partial charge is 0.356 e. The van der Waals surface area contributed by atoms with E-state index in [9.17, 15) is 4.79 Å². The lowest BCUT2D eigenvalue weighted by molar-refractivity contribution is 0.0689. The van der Waals surface area contributed by atoms with Crippen LogP contribution in [0.1, 0.15) is 34.1 Å². The Morgan fingerprint density at radius 2 is 2.53 bits per heavy atom. The van der Waals surface area contributed by atoms with E-state index in [1.807, 2.05) is 6.08 Å². The zero-order valence-electron chi connectivity index (χ0n) is 8.23. The Balaban J connectivity index is 1.91. The van der Waals surface area contributed by atoms with Crippen molar-refractivity contribution in [3.63, 3.8) is 0 Å². The number of aromatic nitrogens is 2. The van der Waals surface area contributed by atoms with Crippen LogP contribution in [-0.2, 0) is 6.42 Å². The van der Waals surface area contributed by atoms with Crippen LogP contribution in [0.5, 0.6) is 0 Å². The van der Waals surface area contributed by atoms with Gasteiger partial charge < -0.3 is 5.11 Å². The van der Waals surface area contributed by atoms with E-state index in [4.69, 9.17) is 5.11 Å². The van der Waals surface area contributed by atoms with Gasteiger partial charge in [-0.15, -0.1) is 6.58 Å². The van der Waals surface area contributed by atoms with Crippen molar-refractivity contribution in [2.24, 2.45) is 11.8 Å². The van der Waals surface area contributed by atoms with Crippen molar-refractivity contribution in [2.45, 2.75) is 18.8 Å². The van der Waals surface area contributed by atoms with Crippen LogP contribution in [0.3, 0.4) is 0 Å². The number of rotatable bonds is 3. The number of nitrogens with zero attached hydrogens (tertiary/aromatic N) is 1. The largest absolute Gasteiger partial charge is 0.476 e. The van der Waals surface area contributed by atoms with Crippen molar-refractivity contribution in [2.75, 3.05) is 0 Å². The molecule has 2 N–H and O–H groups in total. The Labute approximate surface area is 87.0 Å². The molecule has 0 unspecified atom stereocenters. The van der Waals surface area contributed by atoms with Crippen LogP contribution in [0.15, 0.2) is 12.7 Å². The Morgan fingerprint density at radius 1 is 1.73 bits per heavy atom. The van der Waals surface area contributed by atoms with E-state index in [1.54, 1.807) is 0 Å². The molecule has 2 aliphatic carbocycles. The third-order valence-electron chi connectivity index (χ3n) is 3.65. The molecular weight excluding hydrogens is 192 g/mol. The number of nitrogens with one attached hydrogen (secondary N) is 1. The fourth-order valence-corrected chi connectivity index (χ4v) is 2.94. The molecule has 1 aromatic heterocycles. The van der Waals surface area contributed by atoms with Crippen molar-refractivity contribution in [1.82, 2.24) is 10.2 Å². The fraction of sp³-hybridized carbons (Fsp3) is 0.455. The first kappa shape index (κ1) is 8.71. The minimum Gasteiger partial charge on any atom is -0.476 e. The third-order valence-corrected chi connectivity index (χ3v) is 3.65. The molecule has 3 rings (SSSR count). The van der Waals surface area contributed by atoms with Gasteiger partial charge in [0.05, 0.1) is 0 Å². The molecule has 1 fully saturated rings. The molecule has 78 valence electrons. The van der Waals surface area contributed by atoms with E-state index < -0.39 is 5.97 Å². The molecule has 0 bridgehead atoms. The third kappa shape index (κ3) is 1.02. The summed E-state index contributed by atoms with van der Waals surface area (Å²) in [4.78, 5) is 10.9. The second-order valence-electron chi connectivity index (χ2n) is 4.35. The highest BCUT2D eigenvalue weighted by molar-refractivity contribution is 5.87. The summed E-state index contributed by atoms with van der Waals surface area (Å²) in [6.07, 6.45) is 3.84. The predicted molar refractivity (Wildman–Crippen MR) is 53.8 cm³/mol. The molecule has 0 radical (unpaired) electrons. The van der Waals surface area contributed by atoms with Crippen molar-refractivity contribution in [1.29, 1.82) is 0 Å². The first-order chi connectivity index (χ1) is 7.24. The number of carbonyl (C=O) groups is 1. The van der Waals surface area contributed by atoms with Crippen LogP contribution in [0.25, 0.3) is 0 Å². The second kappa shape index (κ2) is 2.72. The van der Waals surface area contributed by atoms with Crippen LogP contribution >= 0.6 is 0 Å². The molecule has 4 nitrogen and oxygen atoms in total. The number of carboxylic acids is 1. The number of aromatic carboxylic acids is 1. The number of hydrogen-bond acceptors (Lipinski definition) is 2. The van der Waals surface area contributed by atoms with Crippen LogP contribution in [0.2, 0.25) is 0 Å². The molecule has 0 amide bonds. The molecule has 0 aliphatic heterocycles. The molecule has 15 heavy (non-hydrogen) atoms. The number of allylic oxidation sites excluding steroid dienone is 1. The van der Waals surface area contributed by atoms with E-state index in [1.165, 1.54) is 0 Å². The molecular formula is C11H12N2O2. The van der Waals surface area contributed by atoms with E-state index >= 15 is 0 Å². The zero-order valence-corrected chi connectivity index (χ0v) is 8.23. The minimum absolute atomic E-state index is 0.217. The van der Waals surface area contributed by atoms with Gasteiger partial charge in [0.1, 0.15) is 0 Å². The normalized spacial score (nSPS) is 30.8. The summed E-state index contributed by atoms with van der Waals surface area (Å²) in [6.45, 7) is 3.74. The van der Waals surface area contributed by atoms with Gasteiger partial charge in [0.25, 0.3) is 0 Å². The van der Waals surface area contributed by atoms with Gasteiger partial charge in [0.2, 0.25) is 0 Å². The van der Waals surface area contributed by atoms with Gasteiger partial charge in [0.15, 0.2) is 5.69 Å². The summed E-state index contributed by atoms with van der Waals surface area (Å²) in [6, 6.07) is 0. The van der Waals surface area contributed by atoms with Crippen LogP contribution < -0.4 is 0 Å². The van der Waals surface area contributed by atoms with Crippen LogP contribution in [0.4, 0.5) is 0 Å². The summed E-state index contributed by atoms with van der Waals surface area (Å²) in [5.41, 5.74) is 2.21. The molecule has 2 aliphatic rings. The highest BCUT2D eigenvalue weighted by Crippen LogP contribution is 2.62. The Morgan fingerprint density at radius 3 is 3.20 bits per heavy atom. The summed E-state index contributed by atoms with van der Waals surface area (Å²) in [5, 5.41) is 15.7. The summed E-state index contributed by atoms with van der Waals surface area (Å²) < 4.78 is 0. The minimum atomic E-state index is -0.922. The van der Waals surface area contributed by atoms with Gasteiger partial charge >= 0.3 is 5.97 Å². The van der Waals surface area contributed by atoms with Gasteiger partial charge in [-0.25, -0.2) is 4.79 Å². The zero-order chi connectivity index (χ0) is 10.6. The van der Waals surface area contributed by atoms with E-state index in [2.05, 4.69) is 16.8 Å². The second-order valence-corrected chi connectivity index (χ2v) is 4.35. The molecule has 4 heteroatoms. The molecule has 0 saturated heterocycles. The van der Waals surface area contributed by atoms with E-state index in [-0.39, 0.29) is 5.69 Å². The fourth-order valence-electron chi connectivity index (χ4n) is 2.94. The number of aromatic amines is 1. The highest BCUT2D eigenvalue weighted by Gasteiger charge is 2.56. The maximum Gasteiger partial charge on any atom is 0.356 e. The SMILES string of the molecule is C=CC[C@@H]1[C@@H]2Cc3c(C(=O)O)n[nH]c3[C@H]12. The molecule has 1 aromatic rings. The summed E-state index contributed by atoms with van der Waals surface area (Å²) in [5.74, 6) is 0.884. The average molecular weight is 204 g/mol. The molecule has 1 saturated carbocycles. The van der Waals surface area contributed by atoms with Crippen molar-refractivity contribution < 1.29 is 9.90 Å². The molecule has 0 aromatic carbocycles. The average Bonchev–Trinajstić information content (AvgIpc) is 2.60. The van der Waals surface area contributed by atoms with Gasteiger partial charge in [-0.3, -0.25) is 5.10 Å². The first-order valence-corrected chi connectivity index (χ1v) is 5.15. The maximum atomic E-state index is 10.9. The monoisotopic (exact) mass is 204 g/mol. The van der Waals surface area contributed by atoms with Gasteiger partial charge in [0, 0.05) is 17.2 Å². The topological polar surface area (TPSA) is 66.0 Å². The van der Waals surface area contributed by atoms with E-state index in [0.29, 0.717) is 17.8 Å². The lowest BCUT2D eigenvalue weighted by Crippen LogP contribution is -2.02. The Bertz CT molecular complexity index is 449. The maximum absolute atomic E-state index is 10.9.